The summed E-state index contributed by atoms with van der Waals surface area (Å²) in [5.74, 6) is -0.228. The number of amides is 1. The van der Waals surface area contributed by atoms with Crippen LogP contribution in [0.1, 0.15) is 30.9 Å². The maximum Gasteiger partial charge on any atom is 0.228 e. The smallest absolute Gasteiger partial charge is 0.228 e. The Labute approximate surface area is 102 Å². The van der Waals surface area contributed by atoms with E-state index in [-0.39, 0.29) is 5.91 Å². The molecule has 0 atom stereocenters. The summed E-state index contributed by atoms with van der Waals surface area (Å²) >= 11 is 0. The van der Waals surface area contributed by atoms with E-state index in [0.717, 1.165) is 12.0 Å². The SMILES string of the molecule is CCc1cccc(C2(C(N)=O)CCOCC2)c1. The van der Waals surface area contributed by atoms with Gasteiger partial charge in [0.15, 0.2) is 0 Å². The predicted molar refractivity (Wildman–Crippen MR) is 66.7 cm³/mol. The molecule has 0 aliphatic carbocycles. The zero-order valence-electron chi connectivity index (χ0n) is 10.2. The van der Waals surface area contributed by atoms with Crippen LogP contribution < -0.4 is 5.73 Å². The van der Waals surface area contributed by atoms with Crippen LogP contribution in [0.2, 0.25) is 0 Å². The molecule has 0 saturated carbocycles. The lowest BCUT2D eigenvalue weighted by Gasteiger charge is -2.34. The van der Waals surface area contributed by atoms with Gasteiger partial charge in [0.1, 0.15) is 0 Å². The molecule has 17 heavy (non-hydrogen) atoms. The van der Waals surface area contributed by atoms with E-state index in [4.69, 9.17) is 10.5 Å². The summed E-state index contributed by atoms with van der Waals surface area (Å²) in [6, 6.07) is 8.21. The lowest BCUT2D eigenvalue weighted by molar-refractivity contribution is -0.127. The van der Waals surface area contributed by atoms with E-state index in [9.17, 15) is 4.79 Å². The lowest BCUT2D eigenvalue weighted by atomic mass is 9.73. The van der Waals surface area contributed by atoms with E-state index in [1.807, 2.05) is 12.1 Å². The van der Waals surface area contributed by atoms with Crippen molar-refractivity contribution in [2.75, 3.05) is 13.2 Å². The van der Waals surface area contributed by atoms with Gasteiger partial charge in [-0.1, -0.05) is 31.2 Å². The topological polar surface area (TPSA) is 52.3 Å². The van der Waals surface area contributed by atoms with Gasteiger partial charge in [-0.15, -0.1) is 0 Å². The Morgan fingerprint density at radius 1 is 1.41 bits per heavy atom. The molecular formula is C14H19NO2. The number of hydrogen-bond donors (Lipinski definition) is 1. The number of benzene rings is 1. The van der Waals surface area contributed by atoms with Crippen LogP contribution in [-0.4, -0.2) is 19.1 Å². The maximum absolute atomic E-state index is 11.8. The number of hydrogen-bond acceptors (Lipinski definition) is 2. The Morgan fingerprint density at radius 3 is 2.71 bits per heavy atom. The first-order valence-electron chi connectivity index (χ1n) is 6.16. The molecule has 92 valence electrons. The van der Waals surface area contributed by atoms with Gasteiger partial charge in [0.2, 0.25) is 5.91 Å². The van der Waals surface area contributed by atoms with Crippen molar-refractivity contribution in [2.24, 2.45) is 5.73 Å². The molecule has 0 bridgehead atoms. The number of carbonyl (C=O) groups excluding carboxylic acids is 1. The van der Waals surface area contributed by atoms with Crippen LogP contribution in [-0.2, 0) is 21.4 Å². The maximum atomic E-state index is 11.8. The average molecular weight is 233 g/mol. The molecular weight excluding hydrogens is 214 g/mol. The van der Waals surface area contributed by atoms with Gasteiger partial charge < -0.3 is 10.5 Å². The predicted octanol–water partition coefficient (Wildman–Crippen LogP) is 1.78. The minimum absolute atomic E-state index is 0.228. The van der Waals surface area contributed by atoms with Crippen LogP contribution in [0.4, 0.5) is 0 Å². The van der Waals surface area contributed by atoms with Crippen LogP contribution in [0.15, 0.2) is 24.3 Å². The largest absolute Gasteiger partial charge is 0.381 e. The van der Waals surface area contributed by atoms with Gasteiger partial charge in [-0.3, -0.25) is 4.79 Å². The number of primary amides is 1. The minimum atomic E-state index is -0.524. The van der Waals surface area contributed by atoms with Crippen molar-refractivity contribution >= 4 is 5.91 Å². The molecule has 1 heterocycles. The summed E-state index contributed by atoms with van der Waals surface area (Å²) in [6.45, 7) is 3.33. The summed E-state index contributed by atoms with van der Waals surface area (Å²) in [5.41, 5.74) is 7.40. The number of aryl methyl sites for hydroxylation is 1. The summed E-state index contributed by atoms with van der Waals surface area (Å²) in [7, 11) is 0. The van der Waals surface area contributed by atoms with E-state index in [0.29, 0.717) is 26.1 Å². The average Bonchev–Trinajstić information content (AvgIpc) is 2.39. The zero-order chi connectivity index (χ0) is 12.3. The minimum Gasteiger partial charge on any atom is -0.381 e. The first-order valence-corrected chi connectivity index (χ1v) is 6.16. The van der Waals surface area contributed by atoms with Crippen LogP contribution in [0.5, 0.6) is 0 Å². The first kappa shape index (κ1) is 12.1. The highest BCUT2D eigenvalue weighted by Crippen LogP contribution is 2.35. The molecule has 0 radical (unpaired) electrons. The Morgan fingerprint density at radius 2 is 2.12 bits per heavy atom. The Bertz CT molecular complexity index is 408. The van der Waals surface area contributed by atoms with Gasteiger partial charge in [0, 0.05) is 13.2 Å². The summed E-state index contributed by atoms with van der Waals surface area (Å²) in [5, 5.41) is 0. The quantitative estimate of drug-likeness (QED) is 0.865. The molecule has 1 aromatic carbocycles. The molecule has 1 aliphatic rings. The number of rotatable bonds is 3. The van der Waals surface area contributed by atoms with E-state index < -0.39 is 5.41 Å². The summed E-state index contributed by atoms with van der Waals surface area (Å²) < 4.78 is 5.35. The normalized spacial score (nSPS) is 18.9. The second-order valence-electron chi connectivity index (χ2n) is 4.61. The van der Waals surface area contributed by atoms with Crippen molar-refractivity contribution in [1.82, 2.24) is 0 Å². The van der Waals surface area contributed by atoms with E-state index in [2.05, 4.69) is 19.1 Å². The van der Waals surface area contributed by atoms with Crippen LogP contribution in [0.3, 0.4) is 0 Å². The van der Waals surface area contributed by atoms with Crippen molar-refractivity contribution in [1.29, 1.82) is 0 Å². The van der Waals surface area contributed by atoms with E-state index in [1.54, 1.807) is 0 Å². The molecule has 1 saturated heterocycles. The lowest BCUT2D eigenvalue weighted by Crippen LogP contribution is -2.45. The third kappa shape index (κ3) is 2.20. The van der Waals surface area contributed by atoms with Crippen molar-refractivity contribution < 1.29 is 9.53 Å². The van der Waals surface area contributed by atoms with Crippen LogP contribution in [0, 0.1) is 0 Å². The molecule has 2 rings (SSSR count). The Hall–Kier alpha value is -1.35. The number of nitrogens with two attached hydrogens (primary N) is 1. The molecule has 0 spiro atoms. The number of carbonyl (C=O) groups is 1. The summed E-state index contributed by atoms with van der Waals surface area (Å²) in [4.78, 5) is 11.8. The second kappa shape index (κ2) is 4.88. The molecule has 0 aromatic heterocycles. The molecule has 0 unspecified atom stereocenters. The fourth-order valence-electron chi connectivity index (χ4n) is 2.49. The molecule has 1 aromatic rings. The molecule has 1 fully saturated rings. The first-order chi connectivity index (χ1) is 8.19. The van der Waals surface area contributed by atoms with E-state index >= 15 is 0 Å². The van der Waals surface area contributed by atoms with E-state index in [1.165, 1.54) is 5.56 Å². The van der Waals surface area contributed by atoms with Crippen molar-refractivity contribution in [2.45, 2.75) is 31.6 Å². The second-order valence-corrected chi connectivity index (χ2v) is 4.61. The Kier molecular flexibility index (Phi) is 3.48. The fourth-order valence-corrected chi connectivity index (χ4v) is 2.49. The van der Waals surface area contributed by atoms with Gasteiger partial charge in [-0.05, 0) is 30.4 Å². The van der Waals surface area contributed by atoms with Gasteiger partial charge >= 0.3 is 0 Å². The highest BCUT2D eigenvalue weighted by Gasteiger charge is 2.40. The van der Waals surface area contributed by atoms with Gasteiger partial charge in [-0.2, -0.15) is 0 Å². The highest BCUT2D eigenvalue weighted by molar-refractivity contribution is 5.86. The third-order valence-electron chi connectivity index (χ3n) is 3.71. The molecule has 1 aliphatic heterocycles. The van der Waals surface area contributed by atoms with Crippen molar-refractivity contribution in [3.63, 3.8) is 0 Å². The van der Waals surface area contributed by atoms with Crippen molar-refractivity contribution in [3.8, 4) is 0 Å². The monoisotopic (exact) mass is 233 g/mol. The third-order valence-corrected chi connectivity index (χ3v) is 3.71. The standard InChI is InChI=1S/C14H19NO2/c1-2-11-4-3-5-12(10-11)14(13(15)16)6-8-17-9-7-14/h3-5,10H,2,6-9H2,1H3,(H2,15,16). The fraction of sp³-hybridized carbons (Fsp3) is 0.500. The number of ether oxygens (including phenoxy) is 1. The summed E-state index contributed by atoms with van der Waals surface area (Å²) in [6.07, 6.45) is 2.35. The molecule has 3 heteroatoms. The molecule has 3 nitrogen and oxygen atoms in total. The molecule has 2 N–H and O–H groups in total. The zero-order valence-corrected chi connectivity index (χ0v) is 10.2. The van der Waals surface area contributed by atoms with Gasteiger partial charge in [0.25, 0.3) is 0 Å². The van der Waals surface area contributed by atoms with Crippen molar-refractivity contribution in [3.05, 3.63) is 35.4 Å². The van der Waals surface area contributed by atoms with Crippen LogP contribution >= 0.6 is 0 Å². The van der Waals surface area contributed by atoms with Gasteiger partial charge in [-0.25, -0.2) is 0 Å². The van der Waals surface area contributed by atoms with Gasteiger partial charge in [0.05, 0.1) is 5.41 Å². The Balaban J connectivity index is 2.41. The highest BCUT2D eigenvalue weighted by atomic mass is 16.5. The van der Waals surface area contributed by atoms with Crippen LogP contribution in [0.25, 0.3) is 0 Å². The molecule has 1 amide bonds.